The van der Waals surface area contributed by atoms with Gasteiger partial charge in [-0.3, -0.25) is 30.7 Å². The second-order valence-electron chi connectivity index (χ2n) is 9.37. The van der Waals surface area contributed by atoms with Gasteiger partial charge in [0.15, 0.2) is 0 Å². The number of aryl methyl sites for hydroxylation is 1. The van der Waals surface area contributed by atoms with Crippen LogP contribution in [0.5, 0.6) is 0 Å². The predicted molar refractivity (Wildman–Crippen MR) is 158 cm³/mol. The number of rotatable bonds is 13. The van der Waals surface area contributed by atoms with Crippen molar-refractivity contribution in [3.05, 3.63) is 53.7 Å². The molecule has 0 unspecified atom stereocenters. The van der Waals surface area contributed by atoms with Crippen LogP contribution in [-0.4, -0.2) is 83.2 Å². The van der Waals surface area contributed by atoms with E-state index in [0.717, 1.165) is 60.9 Å². The van der Waals surface area contributed by atoms with Crippen LogP contribution in [0, 0.1) is 0 Å². The number of carbonyl (C=O) groups excluding carboxylic acids is 1. The lowest BCUT2D eigenvalue weighted by Gasteiger charge is -2.26. The lowest BCUT2D eigenvalue weighted by molar-refractivity contribution is 0.0398. The smallest absolute Gasteiger partial charge is 0.268 e. The third-order valence-corrected chi connectivity index (χ3v) is 7.88. The zero-order chi connectivity index (χ0) is 27.7. The second kappa shape index (κ2) is 13.7. The molecular formula is C28H35N7O4S. The third kappa shape index (κ3) is 6.77. The Kier molecular flexibility index (Phi) is 9.58. The van der Waals surface area contributed by atoms with Crippen molar-refractivity contribution >= 4 is 45.6 Å². The number of anilines is 3. The summed E-state index contributed by atoms with van der Waals surface area (Å²) in [4.78, 5) is 26.0. The van der Waals surface area contributed by atoms with Gasteiger partial charge < -0.3 is 19.4 Å². The summed E-state index contributed by atoms with van der Waals surface area (Å²) in [5.74, 6) is 0.223. The van der Waals surface area contributed by atoms with Gasteiger partial charge in [0.2, 0.25) is 5.95 Å². The lowest BCUT2D eigenvalue weighted by Crippen LogP contribution is -2.39. The Morgan fingerprint density at radius 3 is 2.73 bits per heavy atom. The molecule has 0 bridgehead atoms. The van der Waals surface area contributed by atoms with Crippen molar-refractivity contribution in [3.8, 4) is 10.4 Å². The second-order valence-corrected chi connectivity index (χ2v) is 10.5. The topological polar surface area (TPSA) is 126 Å². The minimum atomic E-state index is -0.226. The van der Waals surface area contributed by atoms with Crippen molar-refractivity contribution in [1.82, 2.24) is 19.4 Å². The van der Waals surface area contributed by atoms with E-state index in [-0.39, 0.29) is 5.91 Å². The van der Waals surface area contributed by atoms with Crippen LogP contribution in [-0.2, 0) is 16.0 Å². The van der Waals surface area contributed by atoms with Crippen LogP contribution in [0.15, 0.2) is 48.8 Å². The standard InChI is InChI=1S/C28H35N7O4S/c1-2-38-15-3-11-35-24-19-21(30-10-12-34-13-16-39-17-14-34)22(33-37)18-23(24)31-28(35)32-27(36)26-5-4-25(40-26)20-6-8-29-9-7-20/h4-9,18-19,30,33,37H,2-3,10-17H2,1H3,(H,31,32,36). The number of hydrogen-bond donors (Lipinski definition) is 4. The highest BCUT2D eigenvalue weighted by molar-refractivity contribution is 7.17. The molecule has 212 valence electrons. The van der Waals surface area contributed by atoms with Crippen LogP contribution in [0.2, 0.25) is 0 Å². The fraction of sp³-hybridized carbons (Fsp3) is 0.393. The number of ether oxygens (including phenoxy) is 2. The molecule has 0 aliphatic carbocycles. The number of pyridine rings is 1. The van der Waals surface area contributed by atoms with Crippen LogP contribution >= 0.6 is 11.3 Å². The minimum absolute atomic E-state index is 0.226. The van der Waals surface area contributed by atoms with E-state index in [4.69, 9.17) is 14.5 Å². The van der Waals surface area contributed by atoms with Crippen molar-refractivity contribution in [2.45, 2.75) is 19.9 Å². The normalized spacial score (nSPS) is 13.9. The molecular weight excluding hydrogens is 530 g/mol. The number of carbonyl (C=O) groups is 1. The monoisotopic (exact) mass is 565 g/mol. The maximum atomic E-state index is 13.3. The SMILES string of the molecule is CCOCCCn1c(NC(=O)c2ccc(-c3ccncc3)s2)nc2cc(NO)c(NCCN3CCOCC3)cc21. The van der Waals surface area contributed by atoms with Crippen LogP contribution < -0.4 is 16.1 Å². The Morgan fingerprint density at radius 2 is 1.95 bits per heavy atom. The number of nitrogens with zero attached hydrogens (tertiary/aromatic N) is 4. The molecule has 1 fully saturated rings. The van der Waals surface area contributed by atoms with Crippen molar-refractivity contribution in [2.24, 2.45) is 0 Å². The quantitative estimate of drug-likeness (QED) is 0.138. The lowest BCUT2D eigenvalue weighted by atomic mass is 10.2. The van der Waals surface area contributed by atoms with Gasteiger partial charge in [0.05, 0.1) is 40.5 Å². The number of aromatic nitrogens is 3. The van der Waals surface area contributed by atoms with Crippen LogP contribution in [0.3, 0.4) is 0 Å². The van der Waals surface area contributed by atoms with E-state index in [1.807, 2.05) is 41.8 Å². The molecule has 4 N–H and O–H groups in total. The van der Waals surface area contributed by atoms with Gasteiger partial charge in [-0.2, -0.15) is 0 Å². The van der Waals surface area contributed by atoms with E-state index in [1.54, 1.807) is 18.5 Å². The van der Waals surface area contributed by atoms with Crippen molar-refractivity contribution in [3.63, 3.8) is 0 Å². The molecule has 3 aromatic heterocycles. The van der Waals surface area contributed by atoms with Crippen LogP contribution in [0.1, 0.15) is 23.0 Å². The highest BCUT2D eigenvalue weighted by Gasteiger charge is 2.19. The molecule has 1 saturated heterocycles. The average Bonchev–Trinajstić information content (AvgIpc) is 3.61. The molecule has 0 radical (unpaired) electrons. The fourth-order valence-corrected chi connectivity index (χ4v) is 5.58. The summed E-state index contributed by atoms with van der Waals surface area (Å²) >= 11 is 1.42. The van der Waals surface area contributed by atoms with Gasteiger partial charge in [-0.1, -0.05) is 0 Å². The van der Waals surface area contributed by atoms with Gasteiger partial charge in [-0.25, -0.2) is 4.98 Å². The molecule has 0 saturated carbocycles. The first-order chi connectivity index (χ1) is 19.7. The third-order valence-electron chi connectivity index (χ3n) is 6.75. The first-order valence-electron chi connectivity index (χ1n) is 13.5. The number of benzene rings is 1. The molecule has 4 heterocycles. The van der Waals surface area contributed by atoms with Gasteiger partial charge in [-0.05, 0) is 55.3 Å². The summed E-state index contributed by atoms with van der Waals surface area (Å²) in [5, 5.41) is 16.3. The number of imidazole rings is 1. The van der Waals surface area contributed by atoms with E-state index in [1.165, 1.54) is 11.3 Å². The summed E-state index contributed by atoms with van der Waals surface area (Å²) in [6.07, 6.45) is 4.23. The molecule has 12 heteroatoms. The maximum Gasteiger partial charge on any atom is 0.268 e. The fourth-order valence-electron chi connectivity index (χ4n) is 4.67. The van der Waals surface area contributed by atoms with Crippen LogP contribution in [0.25, 0.3) is 21.5 Å². The molecule has 0 spiro atoms. The van der Waals surface area contributed by atoms with E-state index < -0.39 is 0 Å². The number of fused-ring (bicyclic) bond motifs is 1. The van der Waals surface area contributed by atoms with E-state index in [0.29, 0.717) is 48.3 Å². The number of amides is 1. The highest BCUT2D eigenvalue weighted by Crippen LogP contribution is 2.32. The first-order valence-corrected chi connectivity index (χ1v) is 14.4. The molecule has 1 aliphatic heterocycles. The van der Waals surface area contributed by atoms with E-state index in [9.17, 15) is 10.0 Å². The van der Waals surface area contributed by atoms with Gasteiger partial charge in [0.25, 0.3) is 5.91 Å². The molecule has 0 atom stereocenters. The first kappa shape index (κ1) is 28.0. The number of nitrogens with one attached hydrogen (secondary N) is 3. The summed E-state index contributed by atoms with van der Waals surface area (Å²) in [6, 6.07) is 11.3. The maximum absolute atomic E-state index is 13.3. The number of hydrogen-bond acceptors (Lipinski definition) is 10. The highest BCUT2D eigenvalue weighted by atomic mass is 32.1. The summed E-state index contributed by atoms with van der Waals surface area (Å²) < 4.78 is 13.0. The molecule has 1 aliphatic rings. The summed E-state index contributed by atoms with van der Waals surface area (Å²) in [7, 11) is 0. The number of morpholine rings is 1. The van der Waals surface area contributed by atoms with Crippen LogP contribution in [0.4, 0.5) is 17.3 Å². The summed E-state index contributed by atoms with van der Waals surface area (Å²) in [5.41, 5.74) is 6.09. The molecule has 1 amide bonds. The molecule has 40 heavy (non-hydrogen) atoms. The van der Waals surface area contributed by atoms with Gasteiger partial charge in [-0.15, -0.1) is 11.3 Å². The Morgan fingerprint density at radius 1 is 1.12 bits per heavy atom. The number of thiophene rings is 1. The van der Waals surface area contributed by atoms with Gasteiger partial charge in [0.1, 0.15) is 0 Å². The molecule has 1 aromatic carbocycles. The zero-order valence-corrected chi connectivity index (χ0v) is 23.4. The predicted octanol–water partition coefficient (Wildman–Crippen LogP) is 4.38. The molecule has 5 rings (SSSR count). The van der Waals surface area contributed by atoms with Crippen molar-refractivity contribution in [1.29, 1.82) is 0 Å². The van der Waals surface area contributed by atoms with E-state index >= 15 is 0 Å². The van der Waals surface area contributed by atoms with E-state index in [2.05, 4.69) is 26.0 Å². The Balaban J connectivity index is 1.38. The summed E-state index contributed by atoms with van der Waals surface area (Å²) in [6.45, 7) is 8.73. The molecule has 4 aromatic rings. The van der Waals surface area contributed by atoms with Gasteiger partial charge >= 0.3 is 0 Å². The van der Waals surface area contributed by atoms with Crippen molar-refractivity contribution in [2.75, 3.05) is 68.7 Å². The largest absolute Gasteiger partial charge is 0.382 e. The Labute approximate surface area is 237 Å². The van der Waals surface area contributed by atoms with Crippen molar-refractivity contribution < 1.29 is 19.5 Å². The molecule has 11 nitrogen and oxygen atoms in total. The van der Waals surface area contributed by atoms with Gasteiger partial charge in [0, 0.05) is 63.2 Å². The average molecular weight is 566 g/mol. The Bertz CT molecular complexity index is 1400. The Hall–Kier alpha value is -3.55. The zero-order valence-electron chi connectivity index (χ0n) is 22.6. The minimum Gasteiger partial charge on any atom is -0.382 e.